The molecule has 4 nitrogen and oxygen atoms in total. The van der Waals surface area contributed by atoms with Crippen molar-refractivity contribution in [2.75, 3.05) is 12.9 Å². The third kappa shape index (κ3) is 37.1. The Kier molecular flexibility index (Phi) is 14.7. The van der Waals surface area contributed by atoms with Gasteiger partial charge in [-0.05, 0) is 6.42 Å². The van der Waals surface area contributed by atoms with Gasteiger partial charge in [-0.15, -0.1) is 0 Å². The minimum absolute atomic E-state index is 0.370. The van der Waals surface area contributed by atoms with Crippen molar-refractivity contribution in [3.8, 4) is 0 Å². The molecule has 5 heteroatoms. The number of hydrogen-bond donors (Lipinski definition) is 2. The first kappa shape index (κ1) is 18.2. The largest absolute Gasteiger partial charge is 0.396 e. The van der Waals surface area contributed by atoms with E-state index in [4.69, 9.17) is 9.66 Å². The van der Waals surface area contributed by atoms with E-state index in [1.54, 1.807) is 0 Å². The molecule has 0 saturated carbocycles. The lowest BCUT2D eigenvalue weighted by atomic mass is 10.1. The van der Waals surface area contributed by atoms with Crippen molar-refractivity contribution in [3.63, 3.8) is 0 Å². The van der Waals surface area contributed by atoms with E-state index in [2.05, 4.69) is 6.92 Å². The molecule has 0 aliphatic rings. The Morgan fingerprint density at radius 3 is 1.50 bits per heavy atom. The van der Waals surface area contributed by atoms with Crippen LogP contribution in [0.1, 0.15) is 58.3 Å². The maximum atomic E-state index is 9.19. The molecule has 2 N–H and O–H groups in total. The Morgan fingerprint density at radius 2 is 1.19 bits per heavy atom. The van der Waals surface area contributed by atoms with Crippen LogP contribution in [0.2, 0.25) is 0 Å². The quantitative estimate of drug-likeness (QED) is 0.516. The lowest BCUT2D eigenvalue weighted by Crippen LogP contribution is -1.88. The highest BCUT2D eigenvalue weighted by molar-refractivity contribution is 7.85. The minimum Gasteiger partial charge on any atom is -0.396 e. The average Bonchev–Trinajstić information content (AvgIpc) is 2.14. The molecule has 16 heavy (non-hydrogen) atoms. The zero-order valence-corrected chi connectivity index (χ0v) is 11.3. The molecule has 0 unspecified atom stereocenters. The van der Waals surface area contributed by atoms with Gasteiger partial charge in [0.2, 0.25) is 0 Å². The van der Waals surface area contributed by atoms with E-state index in [0.29, 0.717) is 12.9 Å². The molecule has 0 aromatic heterocycles. The van der Waals surface area contributed by atoms with Crippen molar-refractivity contribution in [1.29, 1.82) is 0 Å². The summed E-state index contributed by atoms with van der Waals surface area (Å²) in [5, 5.41) is 8.51. The topological polar surface area (TPSA) is 74.6 Å². The molecule has 0 saturated heterocycles. The predicted molar refractivity (Wildman–Crippen MR) is 67.2 cm³/mol. The van der Waals surface area contributed by atoms with E-state index in [9.17, 15) is 8.42 Å². The van der Waals surface area contributed by atoms with Crippen molar-refractivity contribution in [2.45, 2.75) is 58.3 Å². The Morgan fingerprint density at radius 1 is 0.875 bits per heavy atom. The van der Waals surface area contributed by atoms with Gasteiger partial charge in [0.05, 0.1) is 6.26 Å². The van der Waals surface area contributed by atoms with Crippen LogP contribution in [-0.4, -0.2) is 30.9 Å². The second-order valence-electron chi connectivity index (χ2n) is 3.93. The standard InChI is InChI=1S/C10H22O.CH4O3S/c1-2-3-4-5-6-7-8-9-10-11;1-5(2,3)4/h11H,2-10H2,1H3;1H3,(H,2,3,4). The molecule has 0 rings (SSSR count). The molecule has 0 amide bonds. The van der Waals surface area contributed by atoms with Crippen LogP contribution in [0.4, 0.5) is 0 Å². The minimum atomic E-state index is -3.67. The molecule has 0 aliphatic heterocycles. The molecule has 0 aromatic carbocycles. The van der Waals surface area contributed by atoms with Crippen LogP contribution in [0.15, 0.2) is 0 Å². The van der Waals surface area contributed by atoms with E-state index >= 15 is 0 Å². The maximum absolute atomic E-state index is 9.19. The van der Waals surface area contributed by atoms with Crippen LogP contribution >= 0.6 is 0 Å². The van der Waals surface area contributed by atoms with Gasteiger partial charge in [-0.25, -0.2) is 0 Å². The molecule has 0 aromatic rings. The molecule has 0 spiro atoms. The fraction of sp³-hybridized carbons (Fsp3) is 1.00. The van der Waals surface area contributed by atoms with Gasteiger partial charge in [0, 0.05) is 6.61 Å². The number of hydrogen-bond acceptors (Lipinski definition) is 3. The predicted octanol–water partition coefficient (Wildman–Crippen LogP) is 2.62. The molecule has 0 heterocycles. The van der Waals surface area contributed by atoms with Gasteiger partial charge in [0.15, 0.2) is 0 Å². The number of aliphatic hydroxyl groups is 1. The van der Waals surface area contributed by atoms with Gasteiger partial charge in [-0.3, -0.25) is 4.55 Å². The van der Waals surface area contributed by atoms with Crippen LogP contribution in [0.25, 0.3) is 0 Å². The second kappa shape index (κ2) is 12.9. The van der Waals surface area contributed by atoms with Gasteiger partial charge in [0.1, 0.15) is 0 Å². The van der Waals surface area contributed by atoms with Crippen molar-refractivity contribution < 1.29 is 18.1 Å². The van der Waals surface area contributed by atoms with Crippen LogP contribution < -0.4 is 0 Å². The lowest BCUT2D eigenvalue weighted by molar-refractivity contribution is 0.282. The highest BCUT2D eigenvalue weighted by Crippen LogP contribution is 2.07. The summed E-state index contributed by atoms with van der Waals surface area (Å²) >= 11 is 0. The molecule has 0 bridgehead atoms. The van der Waals surface area contributed by atoms with Crippen LogP contribution in [0.3, 0.4) is 0 Å². The average molecular weight is 254 g/mol. The van der Waals surface area contributed by atoms with Gasteiger partial charge in [-0.1, -0.05) is 51.9 Å². The summed E-state index contributed by atoms with van der Waals surface area (Å²) in [5.41, 5.74) is 0. The second-order valence-corrected chi connectivity index (χ2v) is 5.40. The first-order chi connectivity index (χ1) is 7.41. The van der Waals surface area contributed by atoms with Gasteiger partial charge in [0.25, 0.3) is 10.1 Å². The summed E-state index contributed by atoms with van der Waals surface area (Å²) in [6.45, 7) is 2.61. The number of unbranched alkanes of at least 4 members (excludes halogenated alkanes) is 7. The normalized spacial score (nSPS) is 10.8. The van der Waals surface area contributed by atoms with E-state index < -0.39 is 10.1 Å². The summed E-state index contributed by atoms with van der Waals surface area (Å²) < 4.78 is 25.9. The Balaban J connectivity index is 0. The monoisotopic (exact) mass is 254 g/mol. The van der Waals surface area contributed by atoms with Gasteiger partial charge < -0.3 is 5.11 Å². The molecule has 0 fully saturated rings. The number of rotatable bonds is 8. The Hall–Kier alpha value is -0.130. The van der Waals surface area contributed by atoms with Crippen molar-refractivity contribution in [2.24, 2.45) is 0 Å². The van der Waals surface area contributed by atoms with E-state index in [1.165, 1.54) is 44.9 Å². The van der Waals surface area contributed by atoms with Gasteiger partial charge in [-0.2, -0.15) is 8.42 Å². The summed E-state index contributed by atoms with van der Waals surface area (Å²) in [6, 6.07) is 0. The maximum Gasteiger partial charge on any atom is 0.261 e. The smallest absolute Gasteiger partial charge is 0.261 e. The third-order valence-corrected chi connectivity index (χ3v) is 2.01. The van der Waals surface area contributed by atoms with Crippen molar-refractivity contribution in [1.82, 2.24) is 0 Å². The van der Waals surface area contributed by atoms with Crippen LogP contribution in [0, 0.1) is 0 Å². The summed E-state index contributed by atoms with van der Waals surface area (Å²) in [6.07, 6.45) is 11.1. The molecular weight excluding hydrogens is 228 g/mol. The first-order valence-electron chi connectivity index (χ1n) is 5.95. The third-order valence-electron chi connectivity index (χ3n) is 2.01. The molecule has 100 valence electrons. The zero-order valence-electron chi connectivity index (χ0n) is 10.5. The number of aliphatic hydroxyl groups excluding tert-OH is 1. The van der Waals surface area contributed by atoms with E-state index in [1.807, 2.05) is 0 Å². The highest BCUT2D eigenvalue weighted by atomic mass is 32.2. The molecule has 0 radical (unpaired) electrons. The summed E-state index contributed by atoms with van der Waals surface area (Å²) in [5.74, 6) is 0. The SMILES string of the molecule is CCCCCCCCCCO.CS(=O)(=O)O. The summed E-state index contributed by atoms with van der Waals surface area (Å²) in [4.78, 5) is 0. The zero-order chi connectivity index (χ0) is 12.9. The fourth-order valence-electron chi connectivity index (χ4n) is 1.25. The molecular formula is C11H26O4S. The molecule has 0 aliphatic carbocycles. The van der Waals surface area contributed by atoms with Crippen molar-refractivity contribution >= 4 is 10.1 Å². The fourth-order valence-corrected chi connectivity index (χ4v) is 1.25. The van der Waals surface area contributed by atoms with Crippen molar-refractivity contribution in [3.05, 3.63) is 0 Å². The van der Waals surface area contributed by atoms with E-state index in [-0.39, 0.29) is 0 Å². The van der Waals surface area contributed by atoms with Crippen LogP contribution in [-0.2, 0) is 10.1 Å². The lowest BCUT2D eigenvalue weighted by Gasteiger charge is -1.98. The van der Waals surface area contributed by atoms with E-state index in [0.717, 1.165) is 6.42 Å². The van der Waals surface area contributed by atoms with Gasteiger partial charge >= 0.3 is 0 Å². The van der Waals surface area contributed by atoms with Crippen LogP contribution in [0.5, 0.6) is 0 Å². The molecule has 0 atom stereocenters. The summed E-state index contributed by atoms with van der Waals surface area (Å²) in [7, 11) is -3.67. The first-order valence-corrected chi connectivity index (χ1v) is 7.80. The Labute approximate surface area is 99.8 Å². The highest BCUT2D eigenvalue weighted by Gasteiger charge is 1.89. The Bertz CT molecular complexity index is 196.